The van der Waals surface area contributed by atoms with Gasteiger partial charge < -0.3 is 10.0 Å². The largest absolute Gasteiger partial charge is 0.367 e. The Morgan fingerprint density at radius 3 is 2.82 bits per heavy atom. The van der Waals surface area contributed by atoms with Crippen LogP contribution in [0.15, 0.2) is 70.0 Å². The third-order valence-corrected chi connectivity index (χ3v) is 9.79. The Morgan fingerprint density at radius 1 is 1.26 bits per heavy atom. The van der Waals surface area contributed by atoms with E-state index in [1.54, 1.807) is 6.92 Å². The summed E-state index contributed by atoms with van der Waals surface area (Å²) in [5.74, 6) is 1.99. The van der Waals surface area contributed by atoms with E-state index in [0.717, 1.165) is 43.7 Å². The molecule has 6 unspecified atom stereocenters. The number of carbonyl (C=O) groups is 1. The van der Waals surface area contributed by atoms with Crippen LogP contribution >= 0.6 is 0 Å². The summed E-state index contributed by atoms with van der Waals surface area (Å²) in [6.45, 7) is 7.00. The van der Waals surface area contributed by atoms with Gasteiger partial charge in [0.05, 0.1) is 6.04 Å². The molecule has 0 aromatic rings. The van der Waals surface area contributed by atoms with Crippen molar-refractivity contribution in [3.63, 3.8) is 0 Å². The fraction of sp³-hybridized carbons (Fsp3) is 0.606. The number of aliphatic hydroxyl groups excluding tert-OH is 1. The van der Waals surface area contributed by atoms with Crippen LogP contribution in [0.4, 0.5) is 0 Å². The molecule has 0 bridgehead atoms. The Labute approximate surface area is 228 Å². The summed E-state index contributed by atoms with van der Waals surface area (Å²) < 4.78 is 0. The molecule has 0 radical (unpaired) electrons. The van der Waals surface area contributed by atoms with E-state index in [4.69, 9.17) is 4.84 Å². The van der Waals surface area contributed by atoms with Gasteiger partial charge in [0.1, 0.15) is 0 Å². The lowest BCUT2D eigenvalue weighted by molar-refractivity contribution is -0.142. The SMILES string of the molecule is CCN1C2=CCC(C(=O)C3=C(C)CCC=C3)C=C2C2=CC(C(CCC3CCCC3)NOC(C)O)=CC3C2C31. The number of hydroxylamine groups is 1. The summed E-state index contributed by atoms with van der Waals surface area (Å²) in [6.07, 6.45) is 23.2. The molecule has 0 spiro atoms. The van der Waals surface area contributed by atoms with E-state index >= 15 is 0 Å². The molecule has 204 valence electrons. The van der Waals surface area contributed by atoms with Gasteiger partial charge in [0.15, 0.2) is 12.1 Å². The Balaban J connectivity index is 1.30. The molecule has 38 heavy (non-hydrogen) atoms. The van der Waals surface area contributed by atoms with Gasteiger partial charge in [-0.3, -0.25) is 9.63 Å². The molecule has 5 heteroatoms. The monoisotopic (exact) mass is 516 g/mol. The van der Waals surface area contributed by atoms with E-state index in [2.05, 4.69) is 60.7 Å². The highest BCUT2D eigenvalue weighted by atomic mass is 16.7. The topological polar surface area (TPSA) is 61.8 Å². The van der Waals surface area contributed by atoms with E-state index in [0.29, 0.717) is 17.9 Å². The van der Waals surface area contributed by atoms with Crippen LogP contribution in [0.2, 0.25) is 0 Å². The van der Waals surface area contributed by atoms with Crippen LogP contribution in [0.3, 0.4) is 0 Å². The van der Waals surface area contributed by atoms with Gasteiger partial charge in [-0.25, -0.2) is 0 Å². The number of aliphatic hydroxyl groups is 1. The lowest BCUT2D eigenvalue weighted by Gasteiger charge is -2.37. The van der Waals surface area contributed by atoms with Crippen molar-refractivity contribution < 1.29 is 14.7 Å². The first-order valence-corrected chi connectivity index (χ1v) is 15.1. The molecule has 6 atom stereocenters. The van der Waals surface area contributed by atoms with Gasteiger partial charge in [0.25, 0.3) is 0 Å². The maximum Gasteiger partial charge on any atom is 0.171 e. The molecule has 2 N–H and O–H groups in total. The van der Waals surface area contributed by atoms with Crippen molar-refractivity contribution in [3.05, 3.63) is 70.0 Å². The molecule has 1 heterocycles. The number of ketones is 1. The number of allylic oxidation sites excluding steroid dienone is 7. The second-order valence-electron chi connectivity index (χ2n) is 12.3. The first-order valence-electron chi connectivity index (χ1n) is 15.1. The summed E-state index contributed by atoms with van der Waals surface area (Å²) in [4.78, 5) is 21.7. The van der Waals surface area contributed by atoms with Crippen molar-refractivity contribution in [1.29, 1.82) is 0 Å². The number of piperidine rings is 1. The number of rotatable bonds is 10. The van der Waals surface area contributed by atoms with Crippen LogP contribution in [-0.4, -0.2) is 40.7 Å². The quantitative estimate of drug-likeness (QED) is 0.273. The summed E-state index contributed by atoms with van der Waals surface area (Å²) in [7, 11) is 0. The van der Waals surface area contributed by atoms with Crippen LogP contribution in [-0.2, 0) is 9.63 Å². The number of fused-ring (bicyclic) bond motifs is 3. The second kappa shape index (κ2) is 10.7. The van der Waals surface area contributed by atoms with Crippen molar-refractivity contribution in [2.45, 2.75) is 96.9 Å². The molecular weight excluding hydrogens is 472 g/mol. The lowest BCUT2D eigenvalue weighted by atomic mass is 9.79. The predicted octanol–water partition coefficient (Wildman–Crippen LogP) is 6.07. The number of hydrogen-bond donors (Lipinski definition) is 2. The maximum atomic E-state index is 13.6. The normalized spacial score (nSPS) is 31.6. The number of Topliss-reactive ketones (excluding diaryl/α,β-unsaturated/α-hetero) is 1. The Hall–Kier alpha value is -2.21. The zero-order valence-electron chi connectivity index (χ0n) is 23.3. The molecule has 5 nitrogen and oxygen atoms in total. The Morgan fingerprint density at radius 2 is 2.08 bits per heavy atom. The van der Waals surface area contributed by atoms with Crippen LogP contribution in [0.25, 0.3) is 0 Å². The van der Waals surface area contributed by atoms with Crippen molar-refractivity contribution >= 4 is 5.78 Å². The summed E-state index contributed by atoms with van der Waals surface area (Å²) in [5.41, 5.74) is 10.6. The molecule has 1 saturated heterocycles. The first-order chi connectivity index (χ1) is 18.5. The van der Waals surface area contributed by atoms with Crippen molar-refractivity contribution in [2.24, 2.45) is 23.7 Å². The van der Waals surface area contributed by atoms with Gasteiger partial charge in [-0.15, -0.1) is 0 Å². The van der Waals surface area contributed by atoms with E-state index in [-0.39, 0.29) is 17.7 Å². The fourth-order valence-corrected chi connectivity index (χ4v) is 7.72. The smallest absolute Gasteiger partial charge is 0.171 e. The minimum atomic E-state index is -0.849. The molecule has 2 saturated carbocycles. The van der Waals surface area contributed by atoms with Gasteiger partial charge in [-0.2, -0.15) is 5.48 Å². The third kappa shape index (κ3) is 4.82. The molecular formula is C33H44N2O3. The van der Waals surface area contributed by atoms with Gasteiger partial charge in [-0.05, 0) is 75.5 Å². The highest BCUT2D eigenvalue weighted by Gasteiger charge is 2.60. The minimum Gasteiger partial charge on any atom is -0.367 e. The van der Waals surface area contributed by atoms with E-state index in [1.165, 1.54) is 60.1 Å². The second-order valence-corrected chi connectivity index (χ2v) is 12.3. The molecule has 3 fully saturated rings. The van der Waals surface area contributed by atoms with Crippen molar-refractivity contribution in [2.75, 3.05) is 6.54 Å². The number of likely N-dealkylation sites (tertiary alicyclic amines) is 1. The number of likely N-dealkylation sites (N-methyl/N-ethyl adjacent to an activating group) is 1. The first kappa shape index (κ1) is 26.0. The number of carbonyl (C=O) groups excluding carboxylic acids is 1. The van der Waals surface area contributed by atoms with Crippen LogP contribution in [0.1, 0.15) is 78.6 Å². The van der Waals surface area contributed by atoms with Crippen LogP contribution in [0.5, 0.6) is 0 Å². The summed E-state index contributed by atoms with van der Waals surface area (Å²) in [5, 5.41) is 9.83. The number of hydrogen-bond acceptors (Lipinski definition) is 5. The molecule has 5 aliphatic carbocycles. The number of nitrogens with zero attached hydrogens (tertiary/aromatic N) is 1. The third-order valence-electron chi connectivity index (χ3n) is 9.79. The standard InChI is InChI=1S/C33H44N2O3/c1-4-35-30-16-14-23(33(37)25-12-8-5-9-20(25)2)17-26(30)27-18-24(19-28-31(27)32(28)35)29(34-38-21(3)36)15-13-22-10-6-7-11-22/h8,12,16-19,21-23,28-29,31-32,34,36H,4-7,9-11,13-15H2,1-3H3. The average Bonchev–Trinajstić information content (AvgIpc) is 3.38. The van der Waals surface area contributed by atoms with Crippen molar-refractivity contribution in [3.8, 4) is 0 Å². The molecule has 1 aliphatic heterocycles. The zero-order chi connectivity index (χ0) is 26.4. The Kier molecular flexibility index (Phi) is 7.36. The molecule has 0 amide bonds. The van der Waals surface area contributed by atoms with Crippen LogP contribution < -0.4 is 5.48 Å². The molecule has 6 aliphatic rings. The van der Waals surface area contributed by atoms with E-state index in [9.17, 15) is 9.90 Å². The van der Waals surface area contributed by atoms with Crippen LogP contribution in [0, 0.1) is 23.7 Å². The molecule has 0 aromatic carbocycles. The highest BCUT2D eigenvalue weighted by Crippen LogP contribution is 2.61. The van der Waals surface area contributed by atoms with E-state index in [1.807, 2.05) is 0 Å². The maximum absolute atomic E-state index is 13.6. The molecule has 0 aromatic heterocycles. The average molecular weight is 517 g/mol. The predicted molar refractivity (Wildman–Crippen MR) is 151 cm³/mol. The summed E-state index contributed by atoms with van der Waals surface area (Å²) in [6, 6.07) is 0.573. The van der Waals surface area contributed by atoms with E-state index < -0.39 is 6.29 Å². The van der Waals surface area contributed by atoms with Crippen molar-refractivity contribution in [1.82, 2.24) is 10.4 Å². The van der Waals surface area contributed by atoms with Gasteiger partial charge >= 0.3 is 0 Å². The van der Waals surface area contributed by atoms with Gasteiger partial charge in [0.2, 0.25) is 0 Å². The number of nitrogens with one attached hydrogen (secondary N) is 1. The lowest BCUT2D eigenvalue weighted by Crippen LogP contribution is -2.35. The summed E-state index contributed by atoms with van der Waals surface area (Å²) >= 11 is 0. The Bertz CT molecular complexity index is 1150. The molecule has 6 rings (SSSR count). The van der Waals surface area contributed by atoms with Gasteiger partial charge in [0, 0.05) is 41.6 Å². The highest BCUT2D eigenvalue weighted by molar-refractivity contribution is 6.02. The van der Waals surface area contributed by atoms with Gasteiger partial charge in [-0.1, -0.05) is 67.7 Å². The fourth-order valence-electron chi connectivity index (χ4n) is 7.72. The zero-order valence-corrected chi connectivity index (χ0v) is 23.3. The minimum absolute atomic E-state index is 0.0600.